The van der Waals surface area contributed by atoms with Crippen molar-refractivity contribution in [2.45, 2.75) is 6.42 Å². The van der Waals surface area contributed by atoms with Gasteiger partial charge in [-0.15, -0.1) is 11.3 Å². The first-order valence-electron chi connectivity index (χ1n) is 5.53. The van der Waals surface area contributed by atoms with E-state index in [1.807, 2.05) is 12.1 Å². The van der Waals surface area contributed by atoms with Crippen LogP contribution in [0.25, 0.3) is 0 Å². The molecule has 1 aromatic carbocycles. The van der Waals surface area contributed by atoms with Crippen LogP contribution in [-0.2, 0) is 6.42 Å². The highest BCUT2D eigenvalue weighted by molar-refractivity contribution is 9.10. The second kappa shape index (κ2) is 6.75. The van der Waals surface area contributed by atoms with Gasteiger partial charge in [0.2, 0.25) is 0 Å². The van der Waals surface area contributed by atoms with Crippen molar-refractivity contribution in [1.82, 2.24) is 5.32 Å². The molecule has 1 amide bonds. The van der Waals surface area contributed by atoms with Gasteiger partial charge >= 0.3 is 0 Å². The summed E-state index contributed by atoms with van der Waals surface area (Å²) in [6.45, 7) is 0.569. The van der Waals surface area contributed by atoms with Crippen LogP contribution in [0.5, 0.6) is 0 Å². The number of halogens is 3. The third-order valence-corrected chi connectivity index (χ3v) is 4.38. The number of rotatable bonds is 4. The van der Waals surface area contributed by atoms with E-state index < -0.39 is 0 Å². The fourth-order valence-electron chi connectivity index (χ4n) is 1.57. The SMILES string of the molecule is O=C(NCCc1ccc(Cl)s1)c1cc(Cl)cc(Br)c1. The van der Waals surface area contributed by atoms with Crippen LogP contribution in [0.3, 0.4) is 0 Å². The molecule has 0 aliphatic heterocycles. The van der Waals surface area contributed by atoms with E-state index in [1.165, 1.54) is 11.3 Å². The van der Waals surface area contributed by atoms with E-state index in [0.29, 0.717) is 17.1 Å². The molecule has 2 nitrogen and oxygen atoms in total. The number of carbonyl (C=O) groups excluding carboxylic acids is 1. The Hall–Kier alpha value is -0.550. The van der Waals surface area contributed by atoms with Gasteiger partial charge in [-0.1, -0.05) is 39.1 Å². The molecule has 0 atom stereocenters. The van der Waals surface area contributed by atoms with Gasteiger partial charge in [-0.2, -0.15) is 0 Å². The molecule has 0 bridgehead atoms. The van der Waals surface area contributed by atoms with Crippen LogP contribution >= 0.6 is 50.5 Å². The summed E-state index contributed by atoms with van der Waals surface area (Å²) in [5.41, 5.74) is 0.545. The Morgan fingerprint density at radius 1 is 1.26 bits per heavy atom. The first-order chi connectivity index (χ1) is 9.04. The Kier molecular flexibility index (Phi) is 5.28. The van der Waals surface area contributed by atoms with E-state index in [4.69, 9.17) is 23.2 Å². The maximum absolute atomic E-state index is 11.9. The zero-order chi connectivity index (χ0) is 13.8. The Morgan fingerprint density at radius 2 is 2.05 bits per heavy atom. The van der Waals surface area contributed by atoms with Crippen LogP contribution in [-0.4, -0.2) is 12.5 Å². The fourth-order valence-corrected chi connectivity index (χ4v) is 3.52. The van der Waals surface area contributed by atoms with Gasteiger partial charge in [-0.3, -0.25) is 4.79 Å². The average molecular weight is 379 g/mol. The Balaban J connectivity index is 1.90. The van der Waals surface area contributed by atoms with Crippen LogP contribution in [0.2, 0.25) is 9.36 Å². The quantitative estimate of drug-likeness (QED) is 0.814. The third-order valence-electron chi connectivity index (χ3n) is 2.41. The van der Waals surface area contributed by atoms with E-state index >= 15 is 0 Å². The van der Waals surface area contributed by atoms with Gasteiger partial charge in [0.1, 0.15) is 0 Å². The number of thiophene rings is 1. The van der Waals surface area contributed by atoms with Crippen molar-refractivity contribution in [3.63, 3.8) is 0 Å². The van der Waals surface area contributed by atoms with Crippen molar-refractivity contribution in [2.24, 2.45) is 0 Å². The van der Waals surface area contributed by atoms with Gasteiger partial charge in [-0.25, -0.2) is 0 Å². The summed E-state index contributed by atoms with van der Waals surface area (Å²) < 4.78 is 1.55. The molecule has 1 aromatic heterocycles. The molecule has 1 heterocycles. The molecule has 100 valence electrons. The Labute approximate surface area is 133 Å². The topological polar surface area (TPSA) is 29.1 Å². The second-order valence-corrected chi connectivity index (χ2v) is 7.02. The number of hydrogen-bond acceptors (Lipinski definition) is 2. The third kappa shape index (κ3) is 4.49. The highest BCUT2D eigenvalue weighted by Crippen LogP contribution is 2.22. The molecule has 0 saturated carbocycles. The lowest BCUT2D eigenvalue weighted by Crippen LogP contribution is -2.25. The number of amides is 1. The summed E-state index contributed by atoms with van der Waals surface area (Å²) >= 11 is 16.6. The van der Waals surface area contributed by atoms with Crippen LogP contribution in [0.15, 0.2) is 34.8 Å². The second-order valence-electron chi connectivity index (χ2n) is 3.87. The maximum atomic E-state index is 11.9. The van der Waals surface area contributed by atoms with Crippen molar-refractivity contribution in [3.05, 3.63) is 54.6 Å². The van der Waals surface area contributed by atoms with Crippen LogP contribution in [0.4, 0.5) is 0 Å². The van der Waals surface area contributed by atoms with Crippen molar-refractivity contribution < 1.29 is 4.79 Å². The molecule has 0 saturated heterocycles. The molecule has 0 spiro atoms. The minimum Gasteiger partial charge on any atom is -0.352 e. The first kappa shape index (κ1) is 14.9. The lowest BCUT2D eigenvalue weighted by atomic mass is 10.2. The molecule has 0 fully saturated rings. The number of nitrogens with one attached hydrogen (secondary N) is 1. The lowest BCUT2D eigenvalue weighted by molar-refractivity contribution is 0.0954. The number of carbonyl (C=O) groups is 1. The highest BCUT2D eigenvalue weighted by Gasteiger charge is 2.07. The standard InChI is InChI=1S/C13H10BrCl2NOS/c14-9-5-8(6-10(15)7-9)13(18)17-4-3-11-1-2-12(16)19-11/h1-2,5-7H,3-4H2,(H,17,18). The van der Waals surface area contributed by atoms with Crippen molar-refractivity contribution in [2.75, 3.05) is 6.54 Å². The largest absolute Gasteiger partial charge is 0.352 e. The van der Waals surface area contributed by atoms with E-state index in [0.717, 1.165) is 20.1 Å². The summed E-state index contributed by atoms with van der Waals surface area (Å²) in [4.78, 5) is 13.1. The predicted molar refractivity (Wildman–Crippen MR) is 84.5 cm³/mol. The minimum absolute atomic E-state index is 0.133. The van der Waals surface area contributed by atoms with Crippen LogP contribution in [0.1, 0.15) is 15.2 Å². The van der Waals surface area contributed by atoms with E-state index in [9.17, 15) is 4.79 Å². The molecule has 0 aliphatic carbocycles. The van der Waals surface area contributed by atoms with E-state index in [1.54, 1.807) is 18.2 Å². The molecule has 19 heavy (non-hydrogen) atoms. The van der Waals surface area contributed by atoms with Gasteiger partial charge in [0.25, 0.3) is 5.91 Å². The fraction of sp³-hybridized carbons (Fsp3) is 0.154. The average Bonchev–Trinajstić information content (AvgIpc) is 2.73. The van der Waals surface area contributed by atoms with Crippen molar-refractivity contribution >= 4 is 56.4 Å². The van der Waals surface area contributed by atoms with Gasteiger partial charge in [-0.05, 0) is 36.8 Å². The molecule has 1 N–H and O–H groups in total. The first-order valence-corrected chi connectivity index (χ1v) is 7.89. The minimum atomic E-state index is -0.133. The predicted octanol–water partition coefficient (Wildman–Crippen LogP) is 4.79. The Bertz CT molecular complexity index is 580. The zero-order valence-corrected chi connectivity index (χ0v) is 13.7. The number of benzene rings is 1. The summed E-state index contributed by atoms with van der Waals surface area (Å²) in [6, 6.07) is 8.95. The highest BCUT2D eigenvalue weighted by atomic mass is 79.9. The van der Waals surface area contributed by atoms with Gasteiger partial charge in [0.05, 0.1) is 4.34 Å². The molecule has 2 aromatic rings. The summed E-state index contributed by atoms with van der Waals surface area (Å²) in [5, 5.41) is 3.39. The van der Waals surface area contributed by atoms with Gasteiger partial charge < -0.3 is 5.32 Å². The van der Waals surface area contributed by atoms with Crippen molar-refractivity contribution in [3.8, 4) is 0 Å². The maximum Gasteiger partial charge on any atom is 0.251 e. The summed E-state index contributed by atoms with van der Waals surface area (Å²) in [7, 11) is 0. The normalized spacial score (nSPS) is 10.5. The van der Waals surface area contributed by atoms with Crippen LogP contribution in [0, 0.1) is 0 Å². The van der Waals surface area contributed by atoms with Gasteiger partial charge in [0, 0.05) is 26.5 Å². The monoisotopic (exact) mass is 377 g/mol. The molecule has 6 heteroatoms. The molecule has 0 aliphatic rings. The van der Waals surface area contributed by atoms with E-state index in [2.05, 4.69) is 21.2 Å². The van der Waals surface area contributed by atoms with Crippen molar-refractivity contribution in [1.29, 1.82) is 0 Å². The summed E-state index contributed by atoms with van der Waals surface area (Å²) in [6.07, 6.45) is 0.769. The molecule has 0 radical (unpaired) electrons. The molecule has 2 rings (SSSR count). The van der Waals surface area contributed by atoms with Gasteiger partial charge in [0.15, 0.2) is 0 Å². The van der Waals surface area contributed by atoms with E-state index in [-0.39, 0.29) is 5.91 Å². The Morgan fingerprint density at radius 3 is 2.68 bits per heavy atom. The molecule has 0 unspecified atom stereocenters. The molecular formula is C13H10BrCl2NOS. The summed E-state index contributed by atoms with van der Waals surface area (Å²) in [5.74, 6) is -0.133. The lowest BCUT2D eigenvalue weighted by Gasteiger charge is -2.05. The smallest absolute Gasteiger partial charge is 0.251 e. The van der Waals surface area contributed by atoms with Crippen LogP contribution < -0.4 is 5.32 Å². The zero-order valence-electron chi connectivity index (χ0n) is 9.75. The molecular weight excluding hydrogens is 369 g/mol. The number of hydrogen-bond donors (Lipinski definition) is 1.